The van der Waals surface area contributed by atoms with Crippen LogP contribution in [0.5, 0.6) is 0 Å². The highest BCUT2D eigenvalue weighted by atomic mass is 15.1. The van der Waals surface area contributed by atoms with Gasteiger partial charge >= 0.3 is 0 Å². The summed E-state index contributed by atoms with van der Waals surface area (Å²) in [6, 6.07) is 11.5. The maximum atomic E-state index is 3.64. The smallest absolute Gasteiger partial charge is 0.0195 e. The summed E-state index contributed by atoms with van der Waals surface area (Å²) in [7, 11) is 0. The zero-order valence-electron chi connectivity index (χ0n) is 11.6. The highest BCUT2D eigenvalue weighted by Crippen LogP contribution is 2.09. The molecule has 18 heavy (non-hydrogen) atoms. The van der Waals surface area contributed by atoms with Gasteiger partial charge in [0.2, 0.25) is 0 Å². The lowest BCUT2D eigenvalue weighted by Crippen LogP contribution is -2.44. The van der Waals surface area contributed by atoms with Crippen LogP contribution in [0.3, 0.4) is 0 Å². The highest BCUT2D eigenvalue weighted by molar-refractivity contribution is 5.14. The molecule has 1 aromatic carbocycles. The molecule has 1 heterocycles. The number of hydrogen-bond donors (Lipinski definition) is 1. The summed E-state index contributed by atoms with van der Waals surface area (Å²) in [5.74, 6) is 0. The van der Waals surface area contributed by atoms with Crippen molar-refractivity contribution < 1.29 is 0 Å². The number of hydrogen-bond acceptors (Lipinski definition) is 2. The summed E-state index contributed by atoms with van der Waals surface area (Å²) in [5.41, 5.74) is 1.45. The van der Waals surface area contributed by atoms with Gasteiger partial charge in [-0.05, 0) is 37.9 Å². The minimum absolute atomic E-state index is 0.717. The van der Waals surface area contributed by atoms with Crippen LogP contribution in [0.2, 0.25) is 0 Å². The molecule has 2 nitrogen and oxygen atoms in total. The second kappa shape index (κ2) is 7.55. The Morgan fingerprint density at radius 1 is 1.22 bits per heavy atom. The fraction of sp³-hybridized carbons (Fsp3) is 0.625. The van der Waals surface area contributed by atoms with E-state index in [0.717, 1.165) is 12.6 Å². The summed E-state index contributed by atoms with van der Waals surface area (Å²) in [6.07, 6.45) is 5.27. The Balaban J connectivity index is 1.74. The molecule has 1 aliphatic rings. The van der Waals surface area contributed by atoms with Crippen LogP contribution in [0.25, 0.3) is 0 Å². The Morgan fingerprint density at radius 2 is 2.06 bits per heavy atom. The van der Waals surface area contributed by atoms with Crippen LogP contribution in [0.1, 0.15) is 31.7 Å². The summed E-state index contributed by atoms with van der Waals surface area (Å²) in [4.78, 5) is 2.58. The van der Waals surface area contributed by atoms with Gasteiger partial charge in [-0.25, -0.2) is 0 Å². The Kier molecular flexibility index (Phi) is 5.69. The third kappa shape index (κ3) is 4.43. The fourth-order valence-electron chi connectivity index (χ4n) is 2.70. The van der Waals surface area contributed by atoms with Crippen LogP contribution in [0, 0.1) is 0 Å². The van der Waals surface area contributed by atoms with Gasteiger partial charge in [-0.1, -0.05) is 43.7 Å². The first-order valence-electron chi connectivity index (χ1n) is 7.38. The van der Waals surface area contributed by atoms with Gasteiger partial charge in [0.25, 0.3) is 0 Å². The van der Waals surface area contributed by atoms with Crippen molar-refractivity contribution in [2.24, 2.45) is 0 Å². The first-order chi connectivity index (χ1) is 8.88. The number of nitrogens with one attached hydrogen (secondary N) is 1. The van der Waals surface area contributed by atoms with Crippen molar-refractivity contribution in [3.63, 3.8) is 0 Å². The minimum Gasteiger partial charge on any atom is -0.313 e. The molecule has 0 saturated carbocycles. The maximum Gasteiger partial charge on any atom is 0.0195 e. The highest BCUT2D eigenvalue weighted by Gasteiger charge is 2.15. The third-order valence-electron chi connectivity index (χ3n) is 3.90. The second-order valence-corrected chi connectivity index (χ2v) is 5.28. The van der Waals surface area contributed by atoms with E-state index in [-0.39, 0.29) is 0 Å². The Bertz CT molecular complexity index is 317. The molecule has 1 atom stereocenters. The van der Waals surface area contributed by atoms with E-state index in [1.165, 1.54) is 50.9 Å². The largest absolute Gasteiger partial charge is 0.313 e. The van der Waals surface area contributed by atoms with E-state index < -0.39 is 0 Å². The van der Waals surface area contributed by atoms with Crippen LogP contribution in [-0.4, -0.2) is 37.1 Å². The molecule has 1 saturated heterocycles. The number of rotatable bonds is 6. The molecule has 0 spiro atoms. The van der Waals surface area contributed by atoms with Gasteiger partial charge in [0, 0.05) is 19.1 Å². The van der Waals surface area contributed by atoms with Crippen molar-refractivity contribution in [2.75, 3.05) is 26.2 Å². The van der Waals surface area contributed by atoms with E-state index in [0.29, 0.717) is 0 Å². The molecule has 1 N–H and O–H groups in total. The molecule has 0 bridgehead atoms. The standard InChI is InChI=1S/C16H26N2/c1-2-18(14-16-10-6-7-12-17-16)13-11-15-8-4-3-5-9-15/h3-5,8-9,16-17H,2,6-7,10-14H2,1H3. The minimum atomic E-state index is 0.717. The van der Waals surface area contributed by atoms with E-state index in [1.807, 2.05) is 0 Å². The van der Waals surface area contributed by atoms with Gasteiger partial charge in [-0.3, -0.25) is 0 Å². The van der Waals surface area contributed by atoms with Gasteiger partial charge in [0.05, 0.1) is 0 Å². The Labute approximate surface area is 111 Å². The monoisotopic (exact) mass is 246 g/mol. The van der Waals surface area contributed by atoms with E-state index in [1.54, 1.807) is 0 Å². The van der Waals surface area contributed by atoms with Gasteiger partial charge in [0.1, 0.15) is 0 Å². The molecule has 1 aromatic rings. The molecule has 1 fully saturated rings. The van der Waals surface area contributed by atoms with Gasteiger partial charge < -0.3 is 10.2 Å². The lowest BCUT2D eigenvalue weighted by molar-refractivity contribution is 0.235. The van der Waals surface area contributed by atoms with Crippen molar-refractivity contribution >= 4 is 0 Å². The van der Waals surface area contributed by atoms with Gasteiger partial charge in [-0.15, -0.1) is 0 Å². The molecule has 1 aliphatic heterocycles. The average Bonchev–Trinajstić information content (AvgIpc) is 2.45. The number of nitrogens with zero attached hydrogens (tertiary/aromatic N) is 1. The van der Waals surface area contributed by atoms with Crippen molar-refractivity contribution in [3.05, 3.63) is 35.9 Å². The lowest BCUT2D eigenvalue weighted by atomic mass is 10.0. The Morgan fingerprint density at radius 3 is 2.72 bits per heavy atom. The molecular weight excluding hydrogens is 220 g/mol. The van der Waals surface area contributed by atoms with E-state index in [9.17, 15) is 0 Å². The molecule has 1 unspecified atom stereocenters. The van der Waals surface area contributed by atoms with Crippen LogP contribution < -0.4 is 5.32 Å². The van der Waals surface area contributed by atoms with Crippen LogP contribution in [0.4, 0.5) is 0 Å². The quantitative estimate of drug-likeness (QED) is 0.830. The molecule has 0 amide bonds. The zero-order chi connectivity index (χ0) is 12.6. The van der Waals surface area contributed by atoms with Crippen LogP contribution in [0.15, 0.2) is 30.3 Å². The molecule has 0 radical (unpaired) electrons. The summed E-state index contributed by atoms with van der Waals surface area (Å²) >= 11 is 0. The molecule has 2 heteroatoms. The van der Waals surface area contributed by atoms with Crippen molar-refractivity contribution in [1.29, 1.82) is 0 Å². The predicted molar refractivity (Wildman–Crippen MR) is 77.9 cm³/mol. The number of likely N-dealkylation sites (N-methyl/N-ethyl adjacent to an activating group) is 1. The normalized spacial score (nSPS) is 20.2. The van der Waals surface area contributed by atoms with Crippen molar-refractivity contribution in [1.82, 2.24) is 10.2 Å². The SMILES string of the molecule is CCN(CCc1ccccc1)CC1CCCCN1. The molecule has 0 aromatic heterocycles. The predicted octanol–water partition coefficient (Wildman–Crippen LogP) is 2.69. The lowest BCUT2D eigenvalue weighted by Gasteiger charge is -2.29. The molecule has 0 aliphatic carbocycles. The van der Waals surface area contributed by atoms with E-state index in [2.05, 4.69) is 47.5 Å². The van der Waals surface area contributed by atoms with Crippen molar-refractivity contribution in [3.8, 4) is 0 Å². The van der Waals surface area contributed by atoms with Gasteiger partial charge in [0.15, 0.2) is 0 Å². The molecular formula is C16H26N2. The first kappa shape index (κ1) is 13.6. The average molecular weight is 246 g/mol. The topological polar surface area (TPSA) is 15.3 Å². The number of benzene rings is 1. The van der Waals surface area contributed by atoms with Crippen LogP contribution in [-0.2, 0) is 6.42 Å². The first-order valence-corrected chi connectivity index (χ1v) is 7.38. The number of piperidine rings is 1. The Hall–Kier alpha value is -0.860. The summed E-state index contributed by atoms with van der Waals surface area (Å²) in [6.45, 7) is 7.03. The fourth-order valence-corrected chi connectivity index (χ4v) is 2.70. The van der Waals surface area contributed by atoms with Crippen LogP contribution >= 0.6 is 0 Å². The van der Waals surface area contributed by atoms with Gasteiger partial charge in [-0.2, -0.15) is 0 Å². The maximum absolute atomic E-state index is 3.64. The summed E-state index contributed by atoms with van der Waals surface area (Å²) < 4.78 is 0. The molecule has 100 valence electrons. The summed E-state index contributed by atoms with van der Waals surface area (Å²) in [5, 5.41) is 3.64. The van der Waals surface area contributed by atoms with E-state index >= 15 is 0 Å². The zero-order valence-corrected chi connectivity index (χ0v) is 11.6. The van der Waals surface area contributed by atoms with Crippen molar-refractivity contribution in [2.45, 2.75) is 38.6 Å². The third-order valence-corrected chi connectivity index (χ3v) is 3.90. The molecule has 2 rings (SSSR count). The van der Waals surface area contributed by atoms with E-state index in [4.69, 9.17) is 0 Å². The second-order valence-electron chi connectivity index (χ2n) is 5.28.